The van der Waals surface area contributed by atoms with Gasteiger partial charge in [-0.05, 0) is 49.9 Å². The summed E-state index contributed by atoms with van der Waals surface area (Å²) in [6, 6.07) is 7.22. The Kier molecular flexibility index (Phi) is 5.11. The third-order valence-electron chi connectivity index (χ3n) is 5.40. The Hall–Kier alpha value is -2.30. The summed E-state index contributed by atoms with van der Waals surface area (Å²) in [6.45, 7) is 5.71. The van der Waals surface area contributed by atoms with E-state index in [1.807, 2.05) is 9.80 Å². The van der Waals surface area contributed by atoms with Crippen molar-refractivity contribution in [1.29, 1.82) is 0 Å². The van der Waals surface area contributed by atoms with E-state index in [-0.39, 0.29) is 17.4 Å². The maximum absolute atomic E-state index is 12.9. The van der Waals surface area contributed by atoms with Crippen molar-refractivity contribution in [2.75, 3.05) is 26.7 Å². The molecule has 0 N–H and O–H groups in total. The highest BCUT2D eigenvalue weighted by atomic mass is 16.5. The largest absolute Gasteiger partial charge is 0.497 e. The first-order valence-electron chi connectivity index (χ1n) is 8.94. The first-order valence-corrected chi connectivity index (χ1v) is 8.94. The molecule has 3 rings (SSSR count). The number of nitrogens with zero attached hydrogens (tertiary/aromatic N) is 2. The average Bonchev–Trinajstić information content (AvgIpc) is 2.65. The van der Waals surface area contributed by atoms with E-state index in [2.05, 4.69) is 6.58 Å². The van der Waals surface area contributed by atoms with Gasteiger partial charge in [-0.2, -0.15) is 0 Å². The fourth-order valence-electron chi connectivity index (χ4n) is 4.15. The molecule has 5 nitrogen and oxygen atoms in total. The van der Waals surface area contributed by atoms with Gasteiger partial charge in [-0.15, -0.1) is 6.58 Å². The lowest BCUT2D eigenvalue weighted by Crippen LogP contribution is -2.63. The summed E-state index contributed by atoms with van der Waals surface area (Å²) in [4.78, 5) is 29.2. The zero-order valence-electron chi connectivity index (χ0n) is 14.9. The van der Waals surface area contributed by atoms with Crippen molar-refractivity contribution in [3.8, 4) is 5.75 Å². The monoisotopic (exact) mass is 342 g/mol. The lowest BCUT2D eigenvalue weighted by Gasteiger charge is -2.52. The van der Waals surface area contributed by atoms with Crippen molar-refractivity contribution >= 4 is 11.8 Å². The normalized spacial score (nSPS) is 23.6. The van der Waals surface area contributed by atoms with E-state index in [4.69, 9.17) is 4.74 Å². The van der Waals surface area contributed by atoms with Crippen LogP contribution in [0, 0.1) is 0 Å². The van der Waals surface area contributed by atoms with E-state index in [9.17, 15) is 9.59 Å². The van der Waals surface area contributed by atoms with Gasteiger partial charge >= 0.3 is 0 Å². The lowest BCUT2D eigenvalue weighted by molar-refractivity contribution is -0.143. The number of carbonyl (C=O) groups excluding carboxylic acids is 2. The van der Waals surface area contributed by atoms with Crippen LogP contribution in [0.5, 0.6) is 5.75 Å². The number of carbonyl (C=O) groups is 2. The van der Waals surface area contributed by atoms with Crippen LogP contribution < -0.4 is 4.74 Å². The number of piperidine rings is 2. The van der Waals surface area contributed by atoms with Crippen LogP contribution in [-0.2, 0) is 4.79 Å². The fraction of sp³-hybridized carbons (Fsp3) is 0.500. The zero-order chi connectivity index (χ0) is 17.9. The Morgan fingerprint density at radius 2 is 2.00 bits per heavy atom. The van der Waals surface area contributed by atoms with Gasteiger partial charge in [0.05, 0.1) is 12.6 Å². The smallest absolute Gasteiger partial charge is 0.253 e. The van der Waals surface area contributed by atoms with Crippen LogP contribution in [0.4, 0.5) is 0 Å². The van der Waals surface area contributed by atoms with Crippen LogP contribution in [0.2, 0.25) is 0 Å². The second kappa shape index (κ2) is 7.30. The molecule has 2 aliphatic heterocycles. The maximum atomic E-state index is 12.9. The number of benzene rings is 1. The molecule has 2 heterocycles. The molecule has 1 atom stereocenters. The van der Waals surface area contributed by atoms with Gasteiger partial charge in [-0.3, -0.25) is 9.59 Å². The first-order chi connectivity index (χ1) is 12.1. The molecule has 1 aromatic rings. The standard InChI is InChI=1S/C20H26N2O3/c1-3-13-22-18(23)6-4-11-20(22)12-5-14-21(15-20)19(24)16-7-9-17(25-2)10-8-16/h3,7-10H,1,4-6,11-15H2,2H3/t20-/m0/s1. The minimum absolute atomic E-state index is 0.0262. The third-order valence-corrected chi connectivity index (χ3v) is 5.40. The highest BCUT2D eigenvalue weighted by Gasteiger charge is 2.45. The number of hydrogen-bond acceptors (Lipinski definition) is 3. The first kappa shape index (κ1) is 17.5. The van der Waals surface area contributed by atoms with Gasteiger partial charge in [0.25, 0.3) is 5.91 Å². The van der Waals surface area contributed by atoms with Crippen LogP contribution >= 0.6 is 0 Å². The van der Waals surface area contributed by atoms with E-state index >= 15 is 0 Å². The van der Waals surface area contributed by atoms with Crippen molar-refractivity contribution in [1.82, 2.24) is 9.80 Å². The summed E-state index contributed by atoms with van der Waals surface area (Å²) in [5.74, 6) is 0.949. The molecule has 0 unspecified atom stereocenters. The molecule has 1 spiro atoms. The predicted octanol–water partition coefficient (Wildman–Crippen LogP) is 2.87. The molecule has 0 saturated carbocycles. The maximum Gasteiger partial charge on any atom is 0.253 e. The van der Waals surface area contributed by atoms with Crippen LogP contribution in [0.25, 0.3) is 0 Å². The van der Waals surface area contributed by atoms with E-state index < -0.39 is 0 Å². The van der Waals surface area contributed by atoms with Crippen molar-refractivity contribution in [3.05, 3.63) is 42.5 Å². The SMILES string of the molecule is C=CCN1C(=O)CCC[C@@]12CCCN(C(=O)c1ccc(OC)cc1)C2. The van der Waals surface area contributed by atoms with Gasteiger partial charge in [0.2, 0.25) is 5.91 Å². The van der Waals surface area contributed by atoms with Crippen molar-refractivity contribution < 1.29 is 14.3 Å². The van der Waals surface area contributed by atoms with Crippen LogP contribution in [0.3, 0.4) is 0 Å². The number of rotatable bonds is 4. The van der Waals surface area contributed by atoms with E-state index in [0.29, 0.717) is 25.1 Å². The number of methoxy groups -OCH3 is 1. The van der Waals surface area contributed by atoms with E-state index in [1.54, 1.807) is 37.5 Å². The molecule has 0 aromatic heterocycles. The number of amides is 2. The molecule has 134 valence electrons. The summed E-state index contributed by atoms with van der Waals surface area (Å²) >= 11 is 0. The lowest BCUT2D eigenvalue weighted by atomic mass is 9.79. The number of ether oxygens (including phenoxy) is 1. The van der Waals surface area contributed by atoms with Crippen molar-refractivity contribution in [2.24, 2.45) is 0 Å². The molecule has 25 heavy (non-hydrogen) atoms. The molecule has 0 radical (unpaired) electrons. The summed E-state index contributed by atoms with van der Waals surface area (Å²) in [5.41, 5.74) is 0.430. The Morgan fingerprint density at radius 1 is 1.28 bits per heavy atom. The molecular weight excluding hydrogens is 316 g/mol. The molecular formula is C20H26N2O3. The van der Waals surface area contributed by atoms with Gasteiger partial charge in [0.15, 0.2) is 0 Å². The summed E-state index contributed by atoms with van der Waals surface area (Å²) in [6.07, 6.45) is 6.12. The van der Waals surface area contributed by atoms with Crippen LogP contribution in [0.15, 0.2) is 36.9 Å². The molecule has 0 aliphatic carbocycles. The molecule has 2 fully saturated rings. The number of likely N-dealkylation sites (tertiary alicyclic amines) is 2. The quantitative estimate of drug-likeness (QED) is 0.791. The van der Waals surface area contributed by atoms with Gasteiger partial charge in [-0.1, -0.05) is 6.08 Å². The van der Waals surface area contributed by atoms with E-state index in [1.165, 1.54) is 0 Å². The average molecular weight is 342 g/mol. The summed E-state index contributed by atoms with van der Waals surface area (Å²) in [5, 5.41) is 0. The van der Waals surface area contributed by atoms with E-state index in [0.717, 1.165) is 38.0 Å². The molecule has 2 saturated heterocycles. The summed E-state index contributed by atoms with van der Waals surface area (Å²) in [7, 11) is 1.61. The van der Waals surface area contributed by atoms with Crippen LogP contribution in [-0.4, -0.2) is 53.9 Å². The van der Waals surface area contributed by atoms with Gasteiger partial charge in [-0.25, -0.2) is 0 Å². The van der Waals surface area contributed by atoms with Gasteiger partial charge in [0.1, 0.15) is 5.75 Å². The Balaban J connectivity index is 1.80. The Labute approximate surface area is 149 Å². The highest BCUT2D eigenvalue weighted by molar-refractivity contribution is 5.94. The molecule has 0 bridgehead atoms. The fourth-order valence-corrected chi connectivity index (χ4v) is 4.15. The molecule has 2 aliphatic rings. The predicted molar refractivity (Wildman–Crippen MR) is 96.6 cm³/mol. The highest BCUT2D eigenvalue weighted by Crippen LogP contribution is 2.37. The van der Waals surface area contributed by atoms with Gasteiger partial charge in [0, 0.05) is 31.6 Å². The Morgan fingerprint density at radius 3 is 2.68 bits per heavy atom. The number of hydrogen-bond donors (Lipinski definition) is 0. The molecule has 1 aromatic carbocycles. The second-order valence-corrected chi connectivity index (χ2v) is 6.93. The second-order valence-electron chi connectivity index (χ2n) is 6.93. The Bertz CT molecular complexity index is 651. The molecule has 5 heteroatoms. The van der Waals surface area contributed by atoms with Crippen LogP contribution in [0.1, 0.15) is 42.5 Å². The van der Waals surface area contributed by atoms with Crippen molar-refractivity contribution in [2.45, 2.75) is 37.6 Å². The molecule has 2 amide bonds. The summed E-state index contributed by atoms with van der Waals surface area (Å²) < 4.78 is 5.16. The van der Waals surface area contributed by atoms with Gasteiger partial charge < -0.3 is 14.5 Å². The third kappa shape index (κ3) is 3.41. The van der Waals surface area contributed by atoms with Crippen molar-refractivity contribution in [3.63, 3.8) is 0 Å². The zero-order valence-corrected chi connectivity index (χ0v) is 14.9. The minimum Gasteiger partial charge on any atom is -0.497 e. The topological polar surface area (TPSA) is 49.9 Å². The minimum atomic E-state index is -0.232.